The first kappa shape index (κ1) is 22.9. The van der Waals surface area contributed by atoms with E-state index < -0.39 is 6.04 Å². The predicted octanol–water partition coefficient (Wildman–Crippen LogP) is 3.98. The lowest BCUT2D eigenvalue weighted by Crippen LogP contribution is -2.39. The molecule has 35 heavy (non-hydrogen) atoms. The van der Waals surface area contributed by atoms with Gasteiger partial charge in [0.2, 0.25) is 12.7 Å². The maximum Gasteiger partial charge on any atom is 0.252 e. The maximum absolute atomic E-state index is 13.5. The largest absolute Gasteiger partial charge is 0.454 e. The Morgan fingerprint density at radius 2 is 1.66 bits per heavy atom. The van der Waals surface area contributed by atoms with Gasteiger partial charge in [-0.1, -0.05) is 54.6 Å². The van der Waals surface area contributed by atoms with Gasteiger partial charge in [-0.2, -0.15) is 0 Å². The topological polar surface area (TPSA) is 71.1 Å². The predicted molar refractivity (Wildman–Crippen MR) is 136 cm³/mol. The highest BCUT2D eigenvalue weighted by molar-refractivity contribution is 7.80. The van der Waals surface area contributed by atoms with Gasteiger partial charge < -0.3 is 19.7 Å². The summed E-state index contributed by atoms with van der Waals surface area (Å²) in [4.78, 5) is 29.8. The number of anilines is 1. The van der Waals surface area contributed by atoms with Gasteiger partial charge in [0.25, 0.3) is 5.91 Å². The van der Waals surface area contributed by atoms with Gasteiger partial charge in [0.1, 0.15) is 6.04 Å². The number of rotatable bonds is 8. The molecule has 7 nitrogen and oxygen atoms in total. The van der Waals surface area contributed by atoms with Crippen LogP contribution in [0.1, 0.15) is 17.5 Å². The van der Waals surface area contributed by atoms with E-state index in [9.17, 15) is 9.59 Å². The summed E-state index contributed by atoms with van der Waals surface area (Å²) in [6.45, 7) is 1.09. The summed E-state index contributed by atoms with van der Waals surface area (Å²) in [6.07, 6.45) is 0.653. The first-order chi connectivity index (χ1) is 17.1. The van der Waals surface area contributed by atoms with Crippen molar-refractivity contribution in [2.75, 3.05) is 18.7 Å². The van der Waals surface area contributed by atoms with Gasteiger partial charge in [-0.3, -0.25) is 14.5 Å². The van der Waals surface area contributed by atoms with Crippen LogP contribution in [0.4, 0.5) is 5.69 Å². The third kappa shape index (κ3) is 5.12. The minimum Gasteiger partial charge on any atom is -0.454 e. The Morgan fingerprint density at radius 3 is 2.43 bits per heavy atom. The van der Waals surface area contributed by atoms with Gasteiger partial charge in [-0.15, -0.1) is 0 Å². The molecule has 1 unspecified atom stereocenters. The van der Waals surface area contributed by atoms with Crippen molar-refractivity contribution in [3.8, 4) is 11.5 Å². The third-order valence-electron chi connectivity index (χ3n) is 6.10. The number of fused-ring (bicyclic) bond motifs is 1. The molecule has 1 fully saturated rings. The SMILES string of the molecule is O=C(CC1C(=O)N(Cc2ccccc2)C(=S)N1CCc1ccc2c(c1)OCO2)Nc1ccccc1. The molecule has 2 aliphatic heterocycles. The monoisotopic (exact) mass is 487 g/mol. The van der Waals surface area contributed by atoms with Crippen LogP contribution >= 0.6 is 12.2 Å². The highest BCUT2D eigenvalue weighted by atomic mass is 32.1. The molecule has 2 amide bonds. The van der Waals surface area contributed by atoms with Crippen LogP contribution in [0, 0.1) is 0 Å². The fourth-order valence-corrected chi connectivity index (χ4v) is 4.68. The molecule has 0 radical (unpaired) electrons. The van der Waals surface area contributed by atoms with Crippen LogP contribution in [-0.2, 0) is 22.6 Å². The van der Waals surface area contributed by atoms with Crippen LogP contribution < -0.4 is 14.8 Å². The van der Waals surface area contributed by atoms with Crippen molar-refractivity contribution in [2.45, 2.75) is 25.4 Å². The van der Waals surface area contributed by atoms with Gasteiger partial charge in [0.15, 0.2) is 16.6 Å². The molecule has 3 aromatic carbocycles. The van der Waals surface area contributed by atoms with Gasteiger partial charge in [0.05, 0.1) is 13.0 Å². The van der Waals surface area contributed by atoms with Crippen molar-refractivity contribution in [1.29, 1.82) is 0 Å². The highest BCUT2D eigenvalue weighted by Gasteiger charge is 2.43. The second kappa shape index (κ2) is 10.1. The summed E-state index contributed by atoms with van der Waals surface area (Å²) in [5, 5.41) is 3.32. The van der Waals surface area contributed by atoms with E-state index in [0.717, 1.165) is 16.9 Å². The zero-order chi connectivity index (χ0) is 24.2. The normalized spacial score (nSPS) is 16.6. The number of hydrogen-bond donors (Lipinski definition) is 1. The standard InChI is InChI=1S/C27H25N3O4S/c31-25(28-21-9-5-2-6-10-21)16-22-26(32)30(17-20-7-3-1-4-8-20)27(35)29(22)14-13-19-11-12-23-24(15-19)34-18-33-23/h1-12,15,22H,13-14,16-18H2,(H,28,31). The Bertz CT molecular complexity index is 1240. The lowest BCUT2D eigenvalue weighted by molar-refractivity contribution is -0.131. The fraction of sp³-hybridized carbons (Fsp3) is 0.222. The van der Waals surface area contributed by atoms with Crippen LogP contribution in [0.25, 0.3) is 0 Å². The molecule has 0 spiro atoms. The molecule has 8 heteroatoms. The molecule has 0 aromatic heterocycles. The summed E-state index contributed by atoms with van der Waals surface area (Å²) in [5.74, 6) is 1.05. The van der Waals surface area contributed by atoms with E-state index in [-0.39, 0.29) is 25.0 Å². The summed E-state index contributed by atoms with van der Waals surface area (Å²) < 4.78 is 10.9. The molecular weight excluding hydrogens is 462 g/mol. The molecule has 0 saturated carbocycles. The number of hydrogen-bond acceptors (Lipinski definition) is 5. The van der Waals surface area contributed by atoms with Gasteiger partial charge >= 0.3 is 0 Å². The Morgan fingerprint density at radius 1 is 0.943 bits per heavy atom. The Hall–Kier alpha value is -3.91. The summed E-state index contributed by atoms with van der Waals surface area (Å²) in [6, 6.07) is 24.1. The average Bonchev–Trinajstić information content (AvgIpc) is 3.42. The van der Waals surface area contributed by atoms with Gasteiger partial charge in [0, 0.05) is 12.2 Å². The number of ether oxygens (including phenoxy) is 2. The quantitative estimate of drug-likeness (QED) is 0.485. The zero-order valence-electron chi connectivity index (χ0n) is 19.1. The molecule has 1 saturated heterocycles. The molecule has 2 aliphatic rings. The number of carbonyl (C=O) groups excluding carboxylic acids is 2. The van der Waals surface area contributed by atoms with E-state index in [2.05, 4.69) is 5.32 Å². The summed E-state index contributed by atoms with van der Waals surface area (Å²) in [5.41, 5.74) is 2.71. The van der Waals surface area contributed by atoms with E-state index in [1.54, 1.807) is 4.90 Å². The summed E-state index contributed by atoms with van der Waals surface area (Å²) in [7, 11) is 0. The third-order valence-corrected chi connectivity index (χ3v) is 6.56. The fourth-order valence-electron chi connectivity index (χ4n) is 4.31. The smallest absolute Gasteiger partial charge is 0.252 e. The molecule has 5 rings (SSSR count). The second-order valence-electron chi connectivity index (χ2n) is 8.46. The van der Waals surface area contributed by atoms with Crippen LogP contribution in [0.15, 0.2) is 78.9 Å². The van der Waals surface area contributed by atoms with Gasteiger partial charge in [-0.05, 0) is 54.0 Å². The number of nitrogens with one attached hydrogen (secondary N) is 1. The molecule has 178 valence electrons. The summed E-state index contributed by atoms with van der Waals surface area (Å²) >= 11 is 5.75. The van der Waals surface area contributed by atoms with E-state index in [1.807, 2.05) is 83.8 Å². The number of carbonyl (C=O) groups is 2. The van der Waals surface area contributed by atoms with E-state index >= 15 is 0 Å². The number of para-hydroxylation sites is 1. The van der Waals surface area contributed by atoms with Crippen molar-refractivity contribution in [2.24, 2.45) is 0 Å². The molecule has 0 aliphatic carbocycles. The van der Waals surface area contributed by atoms with Crippen molar-refractivity contribution < 1.29 is 19.1 Å². The Balaban J connectivity index is 1.33. The molecule has 1 atom stereocenters. The van der Waals surface area contributed by atoms with Crippen molar-refractivity contribution >= 4 is 34.8 Å². The first-order valence-electron chi connectivity index (χ1n) is 11.5. The Labute approximate surface area is 209 Å². The second-order valence-corrected chi connectivity index (χ2v) is 8.82. The van der Waals surface area contributed by atoms with Crippen LogP contribution in [0.2, 0.25) is 0 Å². The molecule has 3 aromatic rings. The Kier molecular flexibility index (Phi) is 6.63. The van der Waals surface area contributed by atoms with Crippen molar-refractivity contribution in [3.05, 3.63) is 90.0 Å². The van der Waals surface area contributed by atoms with E-state index in [1.165, 1.54) is 0 Å². The lowest BCUT2D eigenvalue weighted by Gasteiger charge is -2.24. The van der Waals surface area contributed by atoms with Gasteiger partial charge in [-0.25, -0.2) is 0 Å². The number of nitrogens with zero attached hydrogens (tertiary/aromatic N) is 2. The number of benzene rings is 3. The molecule has 0 bridgehead atoms. The number of thiocarbonyl (C=S) groups is 1. The first-order valence-corrected chi connectivity index (χ1v) is 11.9. The van der Waals surface area contributed by atoms with Crippen LogP contribution in [0.5, 0.6) is 11.5 Å². The lowest BCUT2D eigenvalue weighted by atomic mass is 10.1. The highest BCUT2D eigenvalue weighted by Crippen LogP contribution is 2.33. The van der Waals surface area contributed by atoms with Crippen LogP contribution in [-0.4, -0.2) is 46.1 Å². The van der Waals surface area contributed by atoms with E-state index in [4.69, 9.17) is 21.7 Å². The van der Waals surface area contributed by atoms with Crippen molar-refractivity contribution in [1.82, 2.24) is 9.80 Å². The molecule has 1 N–H and O–H groups in total. The maximum atomic E-state index is 13.5. The van der Waals surface area contributed by atoms with Crippen LogP contribution in [0.3, 0.4) is 0 Å². The van der Waals surface area contributed by atoms with Crippen molar-refractivity contribution in [3.63, 3.8) is 0 Å². The molecular formula is C27H25N3O4S. The average molecular weight is 488 g/mol. The molecule has 2 heterocycles. The van der Waals surface area contributed by atoms with E-state index in [0.29, 0.717) is 36.1 Å². The number of amides is 2. The minimum absolute atomic E-state index is 0.0142. The minimum atomic E-state index is -0.663. The zero-order valence-corrected chi connectivity index (χ0v) is 19.9.